The summed E-state index contributed by atoms with van der Waals surface area (Å²) in [6.45, 7) is 4.41. The average molecular weight is 366 g/mol. The molecule has 4 heterocycles. The number of hydrogen-bond donors (Lipinski definition) is 1. The van der Waals surface area contributed by atoms with E-state index in [2.05, 4.69) is 25.5 Å². The zero-order chi connectivity index (χ0) is 18.6. The molecule has 3 aromatic rings. The standard InChI is InChI=1S/C19H22N6O2/c1-14-10-16(23-27-14)11-24-12-17-5-9-22-25(17)18(13-24)19(26)21-8-4-15-2-6-20-7-3-15/h2-3,5-7,9-10,18H,4,8,11-13H2,1H3,(H,21,26). The fraction of sp³-hybridized carbons (Fsp3) is 0.368. The summed E-state index contributed by atoms with van der Waals surface area (Å²) in [5.74, 6) is 0.771. The number of nitrogens with zero attached hydrogens (tertiary/aromatic N) is 5. The van der Waals surface area contributed by atoms with E-state index in [4.69, 9.17) is 4.52 Å². The van der Waals surface area contributed by atoms with Gasteiger partial charge in [-0.05, 0) is 37.1 Å². The second-order valence-electron chi connectivity index (χ2n) is 6.78. The van der Waals surface area contributed by atoms with E-state index in [0.29, 0.717) is 19.6 Å². The number of amides is 1. The molecule has 8 nitrogen and oxygen atoms in total. The van der Waals surface area contributed by atoms with Crippen LogP contribution in [0, 0.1) is 6.92 Å². The zero-order valence-electron chi connectivity index (χ0n) is 15.2. The van der Waals surface area contributed by atoms with Gasteiger partial charge in [-0.3, -0.25) is 19.4 Å². The van der Waals surface area contributed by atoms with E-state index in [1.807, 2.05) is 35.9 Å². The van der Waals surface area contributed by atoms with Crippen molar-refractivity contribution < 1.29 is 9.32 Å². The van der Waals surface area contributed by atoms with Crippen LogP contribution in [-0.2, 0) is 24.3 Å². The summed E-state index contributed by atoms with van der Waals surface area (Å²) in [5.41, 5.74) is 3.05. The van der Waals surface area contributed by atoms with Gasteiger partial charge in [-0.25, -0.2) is 0 Å². The van der Waals surface area contributed by atoms with Gasteiger partial charge in [0, 0.05) is 50.8 Å². The number of pyridine rings is 1. The van der Waals surface area contributed by atoms with Crippen molar-refractivity contribution in [3.05, 3.63) is 65.6 Å². The fourth-order valence-electron chi connectivity index (χ4n) is 3.40. The molecule has 4 rings (SSSR count). The first-order chi connectivity index (χ1) is 13.2. The fourth-order valence-corrected chi connectivity index (χ4v) is 3.40. The maximum absolute atomic E-state index is 12.8. The van der Waals surface area contributed by atoms with Crippen LogP contribution in [0.5, 0.6) is 0 Å². The third kappa shape index (κ3) is 4.06. The van der Waals surface area contributed by atoms with E-state index in [1.54, 1.807) is 18.6 Å². The van der Waals surface area contributed by atoms with Crippen molar-refractivity contribution in [2.24, 2.45) is 0 Å². The Morgan fingerprint density at radius 3 is 2.93 bits per heavy atom. The van der Waals surface area contributed by atoms with Gasteiger partial charge in [0.2, 0.25) is 5.91 Å². The maximum atomic E-state index is 12.8. The van der Waals surface area contributed by atoms with Gasteiger partial charge in [-0.1, -0.05) is 5.16 Å². The molecule has 0 spiro atoms. The molecule has 140 valence electrons. The van der Waals surface area contributed by atoms with Gasteiger partial charge < -0.3 is 9.84 Å². The second-order valence-corrected chi connectivity index (χ2v) is 6.78. The number of carbonyl (C=O) groups is 1. The summed E-state index contributed by atoms with van der Waals surface area (Å²) in [6, 6.07) is 7.45. The minimum atomic E-state index is -0.353. The van der Waals surface area contributed by atoms with E-state index in [1.165, 1.54) is 0 Å². The number of aromatic nitrogens is 4. The van der Waals surface area contributed by atoms with Crippen LogP contribution >= 0.6 is 0 Å². The molecule has 1 unspecified atom stereocenters. The van der Waals surface area contributed by atoms with Crippen LogP contribution in [0.2, 0.25) is 0 Å². The van der Waals surface area contributed by atoms with Gasteiger partial charge in [-0.15, -0.1) is 0 Å². The normalized spacial score (nSPS) is 16.9. The van der Waals surface area contributed by atoms with Crippen LogP contribution in [0.4, 0.5) is 0 Å². The molecule has 1 aliphatic rings. The third-order valence-corrected chi connectivity index (χ3v) is 4.69. The largest absolute Gasteiger partial charge is 0.361 e. The maximum Gasteiger partial charge on any atom is 0.246 e. The summed E-state index contributed by atoms with van der Waals surface area (Å²) in [7, 11) is 0. The molecule has 0 bridgehead atoms. The summed E-state index contributed by atoms with van der Waals surface area (Å²) in [6.07, 6.45) is 6.04. The number of rotatable bonds is 6. The Bertz CT molecular complexity index is 904. The van der Waals surface area contributed by atoms with Crippen molar-refractivity contribution in [2.45, 2.75) is 32.5 Å². The van der Waals surface area contributed by atoms with E-state index < -0.39 is 0 Å². The van der Waals surface area contributed by atoms with Gasteiger partial charge >= 0.3 is 0 Å². The highest BCUT2D eigenvalue weighted by molar-refractivity contribution is 5.80. The molecule has 1 N–H and O–H groups in total. The Labute approximate surface area is 157 Å². The molecular weight excluding hydrogens is 344 g/mol. The second kappa shape index (κ2) is 7.71. The average Bonchev–Trinajstić information content (AvgIpc) is 3.30. The number of aryl methyl sites for hydroxylation is 1. The van der Waals surface area contributed by atoms with Crippen LogP contribution in [0.15, 0.2) is 47.4 Å². The summed E-state index contributed by atoms with van der Waals surface area (Å²) >= 11 is 0. The minimum absolute atomic E-state index is 0.0185. The summed E-state index contributed by atoms with van der Waals surface area (Å²) in [5, 5.41) is 11.5. The third-order valence-electron chi connectivity index (χ3n) is 4.69. The van der Waals surface area contributed by atoms with Crippen LogP contribution in [0.3, 0.4) is 0 Å². The van der Waals surface area contributed by atoms with E-state index in [0.717, 1.165) is 35.7 Å². The topological polar surface area (TPSA) is 89.1 Å². The Kier molecular flexibility index (Phi) is 4.97. The van der Waals surface area contributed by atoms with Gasteiger partial charge in [0.05, 0.1) is 11.4 Å². The van der Waals surface area contributed by atoms with Crippen molar-refractivity contribution in [3.8, 4) is 0 Å². The van der Waals surface area contributed by atoms with Crippen molar-refractivity contribution in [2.75, 3.05) is 13.1 Å². The highest BCUT2D eigenvalue weighted by atomic mass is 16.5. The first-order valence-electron chi connectivity index (χ1n) is 9.02. The highest BCUT2D eigenvalue weighted by Gasteiger charge is 2.31. The molecule has 8 heteroatoms. The quantitative estimate of drug-likeness (QED) is 0.711. The van der Waals surface area contributed by atoms with Crippen LogP contribution in [0.1, 0.15) is 28.8 Å². The monoisotopic (exact) mass is 366 g/mol. The van der Waals surface area contributed by atoms with Gasteiger partial charge in [-0.2, -0.15) is 5.10 Å². The Morgan fingerprint density at radius 1 is 1.30 bits per heavy atom. The molecule has 1 aliphatic heterocycles. The van der Waals surface area contributed by atoms with Gasteiger partial charge in [0.1, 0.15) is 11.8 Å². The lowest BCUT2D eigenvalue weighted by Gasteiger charge is -2.32. The lowest BCUT2D eigenvalue weighted by Crippen LogP contribution is -2.45. The van der Waals surface area contributed by atoms with Crippen LogP contribution in [-0.4, -0.2) is 43.8 Å². The number of nitrogens with one attached hydrogen (secondary N) is 1. The van der Waals surface area contributed by atoms with Gasteiger partial charge in [0.25, 0.3) is 0 Å². The molecule has 1 amide bonds. The van der Waals surface area contributed by atoms with Crippen molar-refractivity contribution in [1.29, 1.82) is 0 Å². The molecule has 0 aromatic carbocycles. The molecule has 0 saturated heterocycles. The molecule has 0 radical (unpaired) electrons. The van der Waals surface area contributed by atoms with Gasteiger partial charge in [0.15, 0.2) is 0 Å². The first kappa shape index (κ1) is 17.4. The lowest BCUT2D eigenvalue weighted by atomic mass is 10.1. The summed E-state index contributed by atoms with van der Waals surface area (Å²) < 4.78 is 6.98. The predicted molar refractivity (Wildman–Crippen MR) is 97.6 cm³/mol. The number of hydrogen-bond acceptors (Lipinski definition) is 6. The molecule has 0 aliphatic carbocycles. The molecule has 3 aromatic heterocycles. The van der Waals surface area contributed by atoms with Crippen molar-refractivity contribution in [1.82, 2.24) is 30.1 Å². The molecule has 0 saturated carbocycles. The van der Waals surface area contributed by atoms with E-state index in [-0.39, 0.29) is 11.9 Å². The Balaban J connectivity index is 1.40. The lowest BCUT2D eigenvalue weighted by molar-refractivity contribution is -0.126. The zero-order valence-corrected chi connectivity index (χ0v) is 15.2. The molecular formula is C19H22N6O2. The predicted octanol–water partition coefficient (Wildman–Crippen LogP) is 1.49. The van der Waals surface area contributed by atoms with Crippen molar-refractivity contribution >= 4 is 5.91 Å². The molecule has 0 fully saturated rings. The van der Waals surface area contributed by atoms with E-state index in [9.17, 15) is 4.79 Å². The van der Waals surface area contributed by atoms with Crippen LogP contribution < -0.4 is 5.32 Å². The highest BCUT2D eigenvalue weighted by Crippen LogP contribution is 2.22. The van der Waals surface area contributed by atoms with Crippen molar-refractivity contribution in [3.63, 3.8) is 0 Å². The minimum Gasteiger partial charge on any atom is -0.361 e. The first-order valence-corrected chi connectivity index (χ1v) is 9.02. The smallest absolute Gasteiger partial charge is 0.246 e. The number of carbonyl (C=O) groups excluding carboxylic acids is 1. The molecule has 1 atom stereocenters. The SMILES string of the molecule is Cc1cc(CN2Cc3ccnn3C(C(=O)NCCc3ccncc3)C2)no1. The Hall–Kier alpha value is -3.00. The van der Waals surface area contributed by atoms with E-state index >= 15 is 0 Å². The van der Waals surface area contributed by atoms with Crippen LogP contribution in [0.25, 0.3) is 0 Å². The Morgan fingerprint density at radius 2 is 2.15 bits per heavy atom. The molecule has 27 heavy (non-hydrogen) atoms. The number of fused-ring (bicyclic) bond motifs is 1. The summed E-state index contributed by atoms with van der Waals surface area (Å²) in [4.78, 5) is 19.0.